The maximum absolute atomic E-state index is 12.3. The number of nitro groups is 1. The second-order valence-corrected chi connectivity index (χ2v) is 7.44. The number of nitrogens with one attached hydrogen (secondary N) is 1. The van der Waals surface area contributed by atoms with E-state index in [0.717, 1.165) is 0 Å². The molecule has 3 aromatic rings. The smallest absolute Gasteiger partial charge is 0.270 e. The number of aromatic nitrogens is 1. The molecule has 1 heterocycles. The minimum atomic E-state index is -3.84. The molecule has 0 aliphatic heterocycles. The van der Waals surface area contributed by atoms with E-state index in [1.54, 1.807) is 0 Å². The van der Waals surface area contributed by atoms with Gasteiger partial charge in [-0.2, -0.15) is 0 Å². The zero-order valence-electron chi connectivity index (χ0n) is 14.2. The lowest BCUT2D eigenvalue weighted by atomic mass is 10.2. The van der Waals surface area contributed by atoms with Gasteiger partial charge in [0.15, 0.2) is 0 Å². The van der Waals surface area contributed by atoms with Crippen LogP contribution < -0.4 is 16.0 Å². The van der Waals surface area contributed by atoms with Crippen LogP contribution >= 0.6 is 0 Å². The zero-order chi connectivity index (χ0) is 20.5. The fourth-order valence-corrected chi connectivity index (χ4v) is 3.16. The number of hydrogen-bond acceptors (Lipinski definition) is 6. The number of nitrogens with zero attached hydrogens (tertiary/aromatic N) is 2. The normalized spacial score (nSPS) is 11.3. The van der Waals surface area contributed by atoms with Gasteiger partial charge in [0, 0.05) is 29.3 Å². The zero-order valence-corrected chi connectivity index (χ0v) is 15.0. The molecule has 3 N–H and O–H groups in total. The van der Waals surface area contributed by atoms with Crippen LogP contribution in [0, 0.1) is 10.1 Å². The Labute approximate surface area is 158 Å². The predicted octanol–water partition coefficient (Wildman–Crippen LogP) is 1.20. The summed E-state index contributed by atoms with van der Waals surface area (Å²) in [6, 6.07) is 11.9. The summed E-state index contributed by atoms with van der Waals surface area (Å²) < 4.78 is 23.7. The highest BCUT2D eigenvalue weighted by molar-refractivity contribution is 7.89. The van der Waals surface area contributed by atoms with Crippen molar-refractivity contribution in [1.29, 1.82) is 0 Å². The topological polar surface area (TPSA) is 154 Å². The Morgan fingerprint density at radius 1 is 1.11 bits per heavy atom. The summed E-state index contributed by atoms with van der Waals surface area (Å²) in [5.74, 6) is -0.531. The Bertz CT molecular complexity index is 1250. The van der Waals surface area contributed by atoms with Crippen LogP contribution in [0.15, 0.2) is 64.3 Å². The first-order chi connectivity index (χ1) is 13.1. The first-order valence-corrected chi connectivity index (χ1v) is 9.40. The number of hydrogen-bond donors (Lipinski definition) is 2. The summed E-state index contributed by atoms with van der Waals surface area (Å²) in [4.78, 5) is 34.7. The lowest BCUT2D eigenvalue weighted by Crippen LogP contribution is -2.27. The molecular formula is C17H14N4O6S. The third-order valence-corrected chi connectivity index (χ3v) is 4.88. The minimum absolute atomic E-state index is 0.0997. The van der Waals surface area contributed by atoms with Gasteiger partial charge < -0.3 is 5.32 Å². The van der Waals surface area contributed by atoms with Crippen LogP contribution in [-0.4, -0.2) is 23.8 Å². The lowest BCUT2D eigenvalue weighted by Gasteiger charge is -2.11. The number of benzene rings is 2. The van der Waals surface area contributed by atoms with E-state index in [2.05, 4.69) is 5.32 Å². The Morgan fingerprint density at radius 2 is 1.79 bits per heavy atom. The van der Waals surface area contributed by atoms with E-state index in [9.17, 15) is 28.1 Å². The average Bonchev–Trinajstić information content (AvgIpc) is 2.63. The molecule has 11 heteroatoms. The molecule has 0 saturated carbocycles. The number of nitrogens with two attached hydrogens (primary N) is 1. The Hall–Kier alpha value is -3.57. The fraction of sp³-hybridized carbons (Fsp3) is 0.0588. The number of non-ortho nitro benzene ring substituents is 1. The van der Waals surface area contributed by atoms with Crippen LogP contribution in [-0.2, 0) is 21.4 Å². The largest absolute Gasteiger partial charge is 0.325 e. The summed E-state index contributed by atoms with van der Waals surface area (Å²) in [5.41, 5.74) is 0.123. The van der Waals surface area contributed by atoms with E-state index in [4.69, 9.17) is 5.14 Å². The van der Waals surface area contributed by atoms with E-state index in [1.165, 1.54) is 59.2 Å². The SMILES string of the molecule is NS(=O)(=O)c1ccc(NC(=O)Cn2c(=O)ccc3cc([N+](=O)[O-])ccc32)cc1. The molecule has 10 nitrogen and oxygen atoms in total. The van der Waals surface area contributed by atoms with Gasteiger partial charge in [0.1, 0.15) is 6.54 Å². The Kier molecular flexibility index (Phi) is 4.94. The van der Waals surface area contributed by atoms with Crippen LogP contribution in [0.25, 0.3) is 10.9 Å². The number of rotatable bonds is 5. The molecule has 0 fully saturated rings. The molecule has 0 radical (unpaired) electrons. The highest BCUT2D eigenvalue weighted by atomic mass is 32.2. The average molecular weight is 402 g/mol. The lowest BCUT2D eigenvalue weighted by molar-refractivity contribution is -0.384. The van der Waals surface area contributed by atoms with Gasteiger partial charge in [-0.25, -0.2) is 13.6 Å². The summed E-state index contributed by atoms with van der Waals surface area (Å²) in [7, 11) is -3.84. The second kappa shape index (κ2) is 7.21. The first-order valence-electron chi connectivity index (χ1n) is 7.86. The molecule has 1 amide bonds. The maximum Gasteiger partial charge on any atom is 0.270 e. The van der Waals surface area contributed by atoms with Crippen molar-refractivity contribution in [3.8, 4) is 0 Å². The molecule has 0 bridgehead atoms. The Balaban J connectivity index is 1.85. The van der Waals surface area contributed by atoms with Crippen molar-refractivity contribution in [3.63, 3.8) is 0 Å². The number of amides is 1. The molecule has 28 heavy (non-hydrogen) atoms. The van der Waals surface area contributed by atoms with Gasteiger partial charge in [-0.05, 0) is 36.4 Å². The highest BCUT2D eigenvalue weighted by Crippen LogP contribution is 2.20. The van der Waals surface area contributed by atoms with Crippen LogP contribution in [0.3, 0.4) is 0 Å². The summed E-state index contributed by atoms with van der Waals surface area (Å²) >= 11 is 0. The third-order valence-electron chi connectivity index (χ3n) is 3.95. The van der Waals surface area contributed by atoms with E-state index >= 15 is 0 Å². The van der Waals surface area contributed by atoms with Crippen LogP contribution in [0.1, 0.15) is 0 Å². The van der Waals surface area contributed by atoms with Crippen LogP contribution in [0.5, 0.6) is 0 Å². The van der Waals surface area contributed by atoms with Gasteiger partial charge in [-0.15, -0.1) is 0 Å². The van der Waals surface area contributed by atoms with Gasteiger partial charge in [-0.1, -0.05) is 0 Å². The molecule has 0 aliphatic rings. The van der Waals surface area contributed by atoms with Gasteiger partial charge in [-0.3, -0.25) is 24.3 Å². The molecule has 0 aliphatic carbocycles. The van der Waals surface area contributed by atoms with E-state index < -0.39 is 26.4 Å². The highest BCUT2D eigenvalue weighted by Gasteiger charge is 2.13. The van der Waals surface area contributed by atoms with Gasteiger partial charge in [0.2, 0.25) is 15.9 Å². The second-order valence-electron chi connectivity index (χ2n) is 5.88. The molecular weight excluding hydrogens is 388 g/mol. The van der Waals surface area contributed by atoms with Gasteiger partial charge in [0.05, 0.1) is 15.3 Å². The standard InChI is InChI=1S/C17H14N4O6S/c18-28(26,27)14-5-2-12(3-6-14)19-16(22)10-20-15-7-4-13(21(24)25)9-11(15)1-8-17(20)23/h1-9H,10H2,(H,19,22)(H2,18,26,27). The van der Waals surface area contributed by atoms with Gasteiger partial charge in [0.25, 0.3) is 11.2 Å². The third kappa shape index (κ3) is 4.05. The number of sulfonamides is 1. The Morgan fingerprint density at radius 3 is 2.39 bits per heavy atom. The predicted molar refractivity (Wildman–Crippen MR) is 101 cm³/mol. The van der Waals surface area contributed by atoms with E-state index in [1.807, 2.05) is 0 Å². The molecule has 144 valence electrons. The van der Waals surface area contributed by atoms with E-state index in [-0.39, 0.29) is 17.1 Å². The first kappa shape index (κ1) is 19.2. The van der Waals surface area contributed by atoms with Crippen molar-refractivity contribution < 1.29 is 18.1 Å². The van der Waals surface area contributed by atoms with Crippen LogP contribution in [0.4, 0.5) is 11.4 Å². The molecule has 0 unspecified atom stereocenters. The van der Waals surface area contributed by atoms with Crippen molar-refractivity contribution in [1.82, 2.24) is 4.57 Å². The maximum atomic E-state index is 12.3. The van der Waals surface area contributed by atoms with E-state index in [0.29, 0.717) is 16.6 Å². The van der Waals surface area contributed by atoms with Crippen molar-refractivity contribution in [2.75, 3.05) is 5.32 Å². The molecule has 2 aromatic carbocycles. The summed E-state index contributed by atoms with van der Waals surface area (Å²) in [6.45, 7) is -0.328. The fourth-order valence-electron chi connectivity index (χ4n) is 2.64. The quantitative estimate of drug-likeness (QED) is 0.483. The molecule has 3 rings (SSSR count). The number of carbonyl (C=O) groups is 1. The minimum Gasteiger partial charge on any atom is -0.325 e. The number of fused-ring (bicyclic) bond motifs is 1. The number of pyridine rings is 1. The molecule has 0 atom stereocenters. The van der Waals surface area contributed by atoms with Crippen molar-refractivity contribution in [2.24, 2.45) is 5.14 Å². The van der Waals surface area contributed by atoms with Crippen molar-refractivity contribution in [3.05, 3.63) is 75.1 Å². The van der Waals surface area contributed by atoms with Crippen molar-refractivity contribution >= 4 is 38.2 Å². The summed E-state index contributed by atoms with van der Waals surface area (Å²) in [6.07, 6.45) is 0. The number of primary sulfonamides is 1. The number of anilines is 1. The number of carbonyl (C=O) groups excluding carboxylic acids is 1. The van der Waals surface area contributed by atoms with Crippen LogP contribution in [0.2, 0.25) is 0 Å². The molecule has 0 spiro atoms. The monoisotopic (exact) mass is 402 g/mol. The van der Waals surface area contributed by atoms with Gasteiger partial charge >= 0.3 is 0 Å². The number of nitro benzene ring substituents is 1. The van der Waals surface area contributed by atoms with Crippen molar-refractivity contribution in [2.45, 2.75) is 11.4 Å². The molecule has 1 aromatic heterocycles. The molecule has 0 saturated heterocycles. The summed E-state index contributed by atoms with van der Waals surface area (Å²) in [5, 5.41) is 18.9.